The average Bonchev–Trinajstić information content (AvgIpc) is 2.95. The van der Waals surface area contributed by atoms with E-state index in [1.165, 1.54) is 18.4 Å². The van der Waals surface area contributed by atoms with Crippen LogP contribution in [-0.4, -0.2) is 54.8 Å². The van der Waals surface area contributed by atoms with Gasteiger partial charge in [0.1, 0.15) is 0 Å². The number of aliphatic carboxylic acids is 1. The molecule has 1 N–H and O–H groups in total. The number of carboxylic acids is 1. The number of hydrogen-bond donors (Lipinski definition) is 1. The zero-order valence-corrected chi connectivity index (χ0v) is 9.70. The van der Waals surface area contributed by atoms with Crippen molar-refractivity contribution in [2.45, 2.75) is 25.3 Å². The van der Waals surface area contributed by atoms with Crippen molar-refractivity contribution < 1.29 is 18.3 Å². The highest BCUT2D eigenvalue weighted by Crippen LogP contribution is 2.28. The van der Waals surface area contributed by atoms with Crippen LogP contribution < -0.4 is 0 Å². The molecule has 1 fully saturated rings. The maximum absolute atomic E-state index is 11.8. The first kappa shape index (κ1) is 12.4. The SMILES string of the molecule is CN(CCC(=O)O)S(=O)(=O)N(C)C1CC1. The van der Waals surface area contributed by atoms with Crippen LogP contribution in [0.2, 0.25) is 0 Å². The van der Waals surface area contributed by atoms with Crippen molar-refractivity contribution in [2.24, 2.45) is 0 Å². The minimum Gasteiger partial charge on any atom is -0.481 e. The van der Waals surface area contributed by atoms with Gasteiger partial charge in [0, 0.05) is 26.7 Å². The van der Waals surface area contributed by atoms with Gasteiger partial charge < -0.3 is 5.11 Å². The van der Waals surface area contributed by atoms with Crippen molar-refractivity contribution in [3.63, 3.8) is 0 Å². The van der Waals surface area contributed by atoms with E-state index in [0.717, 1.165) is 17.1 Å². The van der Waals surface area contributed by atoms with Crippen molar-refractivity contribution >= 4 is 16.2 Å². The third-order valence-corrected chi connectivity index (χ3v) is 4.46. The fourth-order valence-corrected chi connectivity index (χ4v) is 2.56. The Hall–Kier alpha value is -0.660. The topological polar surface area (TPSA) is 77.9 Å². The molecule has 0 bridgehead atoms. The Kier molecular flexibility index (Phi) is 3.69. The zero-order chi connectivity index (χ0) is 11.6. The van der Waals surface area contributed by atoms with E-state index in [-0.39, 0.29) is 19.0 Å². The van der Waals surface area contributed by atoms with E-state index in [2.05, 4.69) is 0 Å². The molecule has 0 amide bonds. The largest absolute Gasteiger partial charge is 0.481 e. The van der Waals surface area contributed by atoms with Crippen LogP contribution in [0.15, 0.2) is 0 Å². The van der Waals surface area contributed by atoms with Crippen molar-refractivity contribution in [1.82, 2.24) is 8.61 Å². The summed E-state index contributed by atoms with van der Waals surface area (Å²) < 4.78 is 26.0. The fraction of sp³-hybridized carbons (Fsp3) is 0.875. The Morgan fingerprint density at radius 1 is 1.40 bits per heavy atom. The van der Waals surface area contributed by atoms with Crippen LogP contribution in [-0.2, 0) is 15.0 Å². The number of carboxylic acid groups (broad SMARTS) is 1. The Balaban J connectivity index is 2.55. The summed E-state index contributed by atoms with van der Waals surface area (Å²) in [5, 5.41) is 8.45. The summed E-state index contributed by atoms with van der Waals surface area (Å²) in [5.74, 6) is -0.994. The van der Waals surface area contributed by atoms with Crippen LogP contribution in [0.5, 0.6) is 0 Å². The lowest BCUT2D eigenvalue weighted by Gasteiger charge is -2.23. The quantitative estimate of drug-likeness (QED) is 0.688. The Morgan fingerprint density at radius 3 is 2.33 bits per heavy atom. The molecule has 6 nitrogen and oxygen atoms in total. The summed E-state index contributed by atoms with van der Waals surface area (Å²) >= 11 is 0. The van der Waals surface area contributed by atoms with Crippen LogP contribution in [0.25, 0.3) is 0 Å². The number of hydrogen-bond acceptors (Lipinski definition) is 3. The minimum atomic E-state index is -3.47. The first-order valence-corrected chi connectivity index (χ1v) is 6.16. The second-order valence-corrected chi connectivity index (χ2v) is 5.82. The highest BCUT2D eigenvalue weighted by Gasteiger charge is 2.36. The van der Waals surface area contributed by atoms with Crippen LogP contribution in [0.3, 0.4) is 0 Å². The van der Waals surface area contributed by atoms with E-state index >= 15 is 0 Å². The van der Waals surface area contributed by atoms with E-state index < -0.39 is 16.2 Å². The van der Waals surface area contributed by atoms with Gasteiger partial charge in [0.15, 0.2) is 0 Å². The van der Waals surface area contributed by atoms with E-state index in [0.29, 0.717) is 0 Å². The molecule has 0 saturated heterocycles. The monoisotopic (exact) mass is 236 g/mol. The normalized spacial score (nSPS) is 17.3. The predicted octanol–water partition coefficient (Wildman–Crippen LogP) is -0.268. The van der Waals surface area contributed by atoms with Gasteiger partial charge in [-0.05, 0) is 12.8 Å². The van der Waals surface area contributed by atoms with Crippen LogP contribution in [0.4, 0.5) is 0 Å². The molecule has 1 aliphatic carbocycles. The molecule has 1 rings (SSSR count). The predicted molar refractivity (Wildman–Crippen MR) is 54.6 cm³/mol. The third-order valence-electron chi connectivity index (χ3n) is 2.46. The highest BCUT2D eigenvalue weighted by atomic mass is 32.2. The van der Waals surface area contributed by atoms with Gasteiger partial charge in [0.05, 0.1) is 6.42 Å². The highest BCUT2D eigenvalue weighted by molar-refractivity contribution is 7.86. The minimum absolute atomic E-state index is 0.00866. The summed E-state index contributed by atoms with van der Waals surface area (Å²) in [6.45, 7) is 0.00866. The maximum Gasteiger partial charge on any atom is 0.304 e. The number of nitrogens with zero attached hydrogens (tertiary/aromatic N) is 2. The van der Waals surface area contributed by atoms with Crippen molar-refractivity contribution in [1.29, 1.82) is 0 Å². The molecular weight excluding hydrogens is 220 g/mol. The molecule has 0 heterocycles. The molecule has 0 unspecified atom stereocenters. The van der Waals surface area contributed by atoms with E-state index in [4.69, 9.17) is 5.11 Å². The van der Waals surface area contributed by atoms with Crippen LogP contribution >= 0.6 is 0 Å². The van der Waals surface area contributed by atoms with Gasteiger partial charge in [-0.2, -0.15) is 17.0 Å². The molecule has 88 valence electrons. The maximum atomic E-state index is 11.8. The summed E-state index contributed by atoms with van der Waals surface area (Å²) in [6, 6.07) is 0.0993. The van der Waals surface area contributed by atoms with E-state index in [1.54, 1.807) is 0 Å². The zero-order valence-electron chi connectivity index (χ0n) is 8.88. The first-order chi connectivity index (χ1) is 6.85. The second-order valence-electron chi connectivity index (χ2n) is 3.72. The number of rotatable bonds is 6. The van der Waals surface area contributed by atoms with Gasteiger partial charge in [-0.15, -0.1) is 0 Å². The number of carbonyl (C=O) groups is 1. The standard InChI is InChI=1S/C8H16N2O4S/c1-9(6-5-8(11)12)15(13,14)10(2)7-3-4-7/h7H,3-6H2,1-2H3,(H,11,12). The van der Waals surface area contributed by atoms with Gasteiger partial charge in [0.25, 0.3) is 10.2 Å². The smallest absolute Gasteiger partial charge is 0.304 e. The summed E-state index contributed by atoms with van der Waals surface area (Å²) in [7, 11) is -0.536. The molecule has 0 spiro atoms. The molecule has 0 aromatic heterocycles. The van der Waals surface area contributed by atoms with Gasteiger partial charge in [-0.25, -0.2) is 0 Å². The second kappa shape index (κ2) is 4.46. The van der Waals surface area contributed by atoms with Gasteiger partial charge in [0.2, 0.25) is 0 Å². The van der Waals surface area contributed by atoms with Gasteiger partial charge in [-0.3, -0.25) is 4.79 Å². The van der Waals surface area contributed by atoms with Crippen molar-refractivity contribution in [3.8, 4) is 0 Å². The van der Waals surface area contributed by atoms with Crippen LogP contribution in [0, 0.1) is 0 Å². The molecular formula is C8H16N2O4S. The first-order valence-electron chi connectivity index (χ1n) is 4.77. The Morgan fingerprint density at radius 2 is 1.93 bits per heavy atom. The Labute approximate surface area is 89.7 Å². The van der Waals surface area contributed by atoms with Gasteiger partial charge in [-0.1, -0.05) is 0 Å². The average molecular weight is 236 g/mol. The molecule has 0 aromatic carbocycles. The lowest BCUT2D eigenvalue weighted by molar-refractivity contribution is -0.137. The lowest BCUT2D eigenvalue weighted by Crippen LogP contribution is -2.41. The fourth-order valence-electron chi connectivity index (χ4n) is 1.21. The van der Waals surface area contributed by atoms with Crippen molar-refractivity contribution in [3.05, 3.63) is 0 Å². The summed E-state index contributed by atoms with van der Waals surface area (Å²) in [5.41, 5.74) is 0. The van der Waals surface area contributed by atoms with Crippen molar-refractivity contribution in [2.75, 3.05) is 20.6 Å². The molecule has 15 heavy (non-hydrogen) atoms. The summed E-state index contributed by atoms with van der Waals surface area (Å²) in [4.78, 5) is 10.3. The molecule has 0 atom stereocenters. The summed E-state index contributed by atoms with van der Waals surface area (Å²) in [6.07, 6.45) is 1.61. The Bertz CT molecular complexity index is 337. The third kappa shape index (κ3) is 3.15. The van der Waals surface area contributed by atoms with Gasteiger partial charge >= 0.3 is 5.97 Å². The van der Waals surface area contributed by atoms with Crippen LogP contribution in [0.1, 0.15) is 19.3 Å². The molecule has 1 aliphatic rings. The molecule has 0 aliphatic heterocycles. The van der Waals surface area contributed by atoms with E-state index in [9.17, 15) is 13.2 Å². The molecule has 7 heteroatoms. The molecule has 1 saturated carbocycles. The molecule has 0 radical (unpaired) electrons. The lowest BCUT2D eigenvalue weighted by atomic mass is 10.4. The van der Waals surface area contributed by atoms with E-state index in [1.807, 2.05) is 0 Å². The molecule has 0 aromatic rings.